The third-order valence-corrected chi connectivity index (χ3v) is 7.95. The van der Waals surface area contributed by atoms with Crippen molar-refractivity contribution in [2.75, 3.05) is 24.3 Å². The molecule has 2 aromatic rings. The normalized spacial score (nSPS) is 17.6. The molecule has 0 spiro atoms. The van der Waals surface area contributed by atoms with Crippen LogP contribution in [0.25, 0.3) is 0 Å². The van der Waals surface area contributed by atoms with Gasteiger partial charge in [-0.25, -0.2) is 9.59 Å². The highest BCUT2D eigenvalue weighted by Crippen LogP contribution is 2.38. The lowest BCUT2D eigenvalue weighted by Gasteiger charge is -2.28. The molecule has 2 fully saturated rings. The van der Waals surface area contributed by atoms with Gasteiger partial charge in [0.2, 0.25) is 0 Å². The van der Waals surface area contributed by atoms with Gasteiger partial charge in [0.25, 0.3) is 5.91 Å². The van der Waals surface area contributed by atoms with Gasteiger partial charge in [-0.2, -0.15) is 0 Å². The second-order valence-corrected chi connectivity index (χ2v) is 11.8. The average Bonchev–Trinajstić information content (AvgIpc) is 3.73. The summed E-state index contributed by atoms with van der Waals surface area (Å²) in [5.41, 5.74) is 1.74. The number of aliphatic carboxylic acids is 1. The Morgan fingerprint density at radius 1 is 1.10 bits per heavy atom. The SMILES string of the molecule is COc1cc(CN2C(=O)N([C@H](CN[C@H](C)CC(=O)O)CC3CC3)C(=O)C2(C)C)ccc1NC(=O)Nc1ccccc1C. The van der Waals surface area contributed by atoms with E-state index in [0.717, 1.165) is 24.0 Å². The minimum absolute atomic E-state index is 0.0457. The molecule has 1 aliphatic carbocycles. The summed E-state index contributed by atoms with van der Waals surface area (Å²) in [7, 11) is 1.50. The van der Waals surface area contributed by atoms with Crippen molar-refractivity contribution in [3.63, 3.8) is 0 Å². The van der Waals surface area contributed by atoms with Gasteiger partial charge in [-0.15, -0.1) is 0 Å². The standard InChI is InChI=1S/C31H41N5O6/c1-19-8-6-7-9-24(19)33-29(40)34-25-13-12-22(16-26(25)42-5)18-35-30(41)36(28(39)31(35,3)4)23(15-21-10-11-21)17-32-20(2)14-27(37)38/h6-9,12-13,16,20-21,23,32H,10-11,14-15,17-18H2,1-5H3,(H,37,38)(H2,33,34,40)/t20-,23+/m1/s1. The third kappa shape index (κ3) is 7.20. The maximum absolute atomic E-state index is 13.8. The number of amides is 5. The van der Waals surface area contributed by atoms with Crippen LogP contribution in [0.1, 0.15) is 57.6 Å². The molecule has 11 heteroatoms. The summed E-state index contributed by atoms with van der Waals surface area (Å²) >= 11 is 0. The Labute approximate surface area is 246 Å². The quantitative estimate of drug-likeness (QED) is 0.250. The van der Waals surface area contributed by atoms with Crippen LogP contribution in [0, 0.1) is 12.8 Å². The second kappa shape index (κ2) is 12.8. The highest BCUT2D eigenvalue weighted by molar-refractivity contribution is 6.07. The van der Waals surface area contributed by atoms with Gasteiger partial charge < -0.3 is 30.7 Å². The first-order valence-corrected chi connectivity index (χ1v) is 14.3. The number of urea groups is 2. The smallest absolute Gasteiger partial charge is 0.328 e. The van der Waals surface area contributed by atoms with Crippen molar-refractivity contribution in [1.29, 1.82) is 0 Å². The number of carboxylic acids is 1. The van der Waals surface area contributed by atoms with Crippen molar-refractivity contribution >= 4 is 35.3 Å². The van der Waals surface area contributed by atoms with Gasteiger partial charge in [0.15, 0.2) is 0 Å². The van der Waals surface area contributed by atoms with Crippen LogP contribution in [0.15, 0.2) is 42.5 Å². The molecular weight excluding hydrogens is 538 g/mol. The number of imide groups is 1. The van der Waals surface area contributed by atoms with Gasteiger partial charge in [-0.3, -0.25) is 14.5 Å². The predicted molar refractivity (Wildman–Crippen MR) is 160 cm³/mol. The van der Waals surface area contributed by atoms with E-state index in [1.807, 2.05) is 31.2 Å². The van der Waals surface area contributed by atoms with Crippen molar-refractivity contribution in [2.24, 2.45) is 5.92 Å². The Hall–Kier alpha value is -4.12. The highest BCUT2D eigenvalue weighted by Gasteiger charge is 2.53. The van der Waals surface area contributed by atoms with Crippen LogP contribution in [-0.4, -0.2) is 70.1 Å². The van der Waals surface area contributed by atoms with E-state index in [4.69, 9.17) is 9.84 Å². The van der Waals surface area contributed by atoms with E-state index in [0.29, 0.717) is 36.0 Å². The number of nitrogens with one attached hydrogen (secondary N) is 3. The number of aryl methyl sites for hydroxylation is 1. The monoisotopic (exact) mass is 579 g/mol. The molecule has 4 N–H and O–H groups in total. The van der Waals surface area contributed by atoms with Crippen LogP contribution < -0.4 is 20.7 Å². The summed E-state index contributed by atoms with van der Waals surface area (Å²) in [4.78, 5) is 54.1. The van der Waals surface area contributed by atoms with E-state index >= 15 is 0 Å². The van der Waals surface area contributed by atoms with E-state index in [2.05, 4.69) is 16.0 Å². The Balaban J connectivity index is 1.48. The zero-order valence-electron chi connectivity index (χ0n) is 24.9. The van der Waals surface area contributed by atoms with Crippen molar-refractivity contribution in [3.05, 3.63) is 53.6 Å². The molecule has 1 saturated heterocycles. The lowest BCUT2D eigenvalue weighted by Crippen LogP contribution is -2.49. The molecule has 2 atom stereocenters. The topological polar surface area (TPSA) is 140 Å². The van der Waals surface area contributed by atoms with Crippen LogP contribution in [-0.2, 0) is 16.1 Å². The molecule has 0 bridgehead atoms. The molecule has 0 aromatic heterocycles. The predicted octanol–water partition coefficient (Wildman–Crippen LogP) is 4.81. The number of carbonyl (C=O) groups is 4. The van der Waals surface area contributed by atoms with Crippen molar-refractivity contribution in [3.8, 4) is 5.75 Å². The molecule has 11 nitrogen and oxygen atoms in total. The molecule has 2 aliphatic rings. The van der Waals surface area contributed by atoms with Crippen molar-refractivity contribution < 1.29 is 29.0 Å². The fraction of sp³-hybridized carbons (Fsp3) is 0.484. The number of hydrogen-bond acceptors (Lipinski definition) is 6. The number of rotatable bonds is 13. The molecule has 1 heterocycles. The first-order valence-electron chi connectivity index (χ1n) is 14.3. The lowest BCUT2D eigenvalue weighted by molar-refractivity contribution is -0.137. The van der Waals surface area contributed by atoms with Crippen molar-refractivity contribution in [1.82, 2.24) is 15.1 Å². The molecule has 5 amide bonds. The number of para-hydroxylation sites is 1. The average molecular weight is 580 g/mol. The fourth-order valence-corrected chi connectivity index (χ4v) is 5.25. The van der Waals surface area contributed by atoms with Gasteiger partial charge >= 0.3 is 18.0 Å². The summed E-state index contributed by atoms with van der Waals surface area (Å²) in [6.45, 7) is 7.67. The number of carboxylic acid groups (broad SMARTS) is 1. The number of carbonyl (C=O) groups excluding carboxylic acids is 3. The number of hydrogen-bond donors (Lipinski definition) is 4. The minimum Gasteiger partial charge on any atom is -0.495 e. The molecule has 2 aromatic carbocycles. The molecule has 42 heavy (non-hydrogen) atoms. The van der Waals surface area contributed by atoms with Crippen molar-refractivity contribution in [2.45, 2.75) is 77.5 Å². The maximum atomic E-state index is 13.8. The highest BCUT2D eigenvalue weighted by atomic mass is 16.5. The van der Waals surface area contributed by atoms with E-state index < -0.39 is 17.5 Å². The van der Waals surface area contributed by atoms with Crippen LogP contribution in [0.4, 0.5) is 21.0 Å². The van der Waals surface area contributed by atoms with E-state index in [1.165, 1.54) is 12.0 Å². The molecule has 0 unspecified atom stereocenters. The molecule has 0 radical (unpaired) electrons. The fourth-order valence-electron chi connectivity index (χ4n) is 5.25. The minimum atomic E-state index is -1.08. The summed E-state index contributed by atoms with van der Waals surface area (Å²) in [6.07, 6.45) is 2.77. The first-order chi connectivity index (χ1) is 19.9. The van der Waals surface area contributed by atoms with Crippen LogP contribution in [0.2, 0.25) is 0 Å². The largest absolute Gasteiger partial charge is 0.495 e. The zero-order chi connectivity index (χ0) is 30.6. The molecular formula is C31H41N5O6. The van der Waals surface area contributed by atoms with E-state index in [-0.39, 0.29) is 37.0 Å². The number of methoxy groups -OCH3 is 1. The van der Waals surface area contributed by atoms with E-state index in [1.54, 1.807) is 43.9 Å². The summed E-state index contributed by atoms with van der Waals surface area (Å²) in [5.74, 6) is -0.304. The number of benzene rings is 2. The lowest BCUT2D eigenvalue weighted by atomic mass is 10.0. The maximum Gasteiger partial charge on any atom is 0.328 e. The summed E-state index contributed by atoms with van der Waals surface area (Å²) < 4.78 is 5.54. The first kappa shape index (κ1) is 30.8. The Kier molecular flexibility index (Phi) is 9.40. The van der Waals surface area contributed by atoms with Gasteiger partial charge in [0.05, 0.1) is 25.3 Å². The summed E-state index contributed by atoms with van der Waals surface area (Å²) in [5, 5.41) is 18.0. The van der Waals surface area contributed by atoms with Gasteiger partial charge in [-0.05, 0) is 69.4 Å². The third-order valence-electron chi connectivity index (χ3n) is 7.95. The second-order valence-electron chi connectivity index (χ2n) is 11.8. The van der Waals surface area contributed by atoms with Gasteiger partial charge in [0.1, 0.15) is 11.3 Å². The van der Waals surface area contributed by atoms with Crippen LogP contribution in [0.5, 0.6) is 5.75 Å². The zero-order valence-corrected chi connectivity index (χ0v) is 24.9. The number of nitrogens with zero attached hydrogens (tertiary/aromatic N) is 2. The molecule has 1 saturated carbocycles. The van der Waals surface area contributed by atoms with Crippen LogP contribution >= 0.6 is 0 Å². The number of anilines is 2. The Morgan fingerprint density at radius 3 is 2.43 bits per heavy atom. The Morgan fingerprint density at radius 2 is 1.79 bits per heavy atom. The Bertz CT molecular complexity index is 1340. The molecule has 1 aliphatic heterocycles. The molecule has 4 rings (SSSR count). The number of ether oxygens (including phenoxy) is 1. The molecule has 226 valence electrons. The van der Waals surface area contributed by atoms with Gasteiger partial charge in [-0.1, -0.05) is 37.1 Å². The van der Waals surface area contributed by atoms with E-state index in [9.17, 15) is 19.2 Å². The van der Waals surface area contributed by atoms with Crippen LogP contribution in [0.3, 0.4) is 0 Å². The summed E-state index contributed by atoms with van der Waals surface area (Å²) in [6, 6.07) is 11.3. The van der Waals surface area contributed by atoms with Gasteiger partial charge in [0, 0.05) is 24.8 Å².